The van der Waals surface area contributed by atoms with E-state index < -0.39 is 35.0 Å². The predicted molar refractivity (Wildman–Crippen MR) is 99.7 cm³/mol. The minimum atomic E-state index is -3.49. The fraction of sp³-hybridized carbons (Fsp3) is 0.647. The molecule has 0 amide bonds. The van der Waals surface area contributed by atoms with Crippen molar-refractivity contribution < 1.29 is 18.3 Å². The predicted octanol–water partition coefficient (Wildman–Crippen LogP) is 1.54. The van der Waals surface area contributed by atoms with Crippen LogP contribution in [0.3, 0.4) is 0 Å². The summed E-state index contributed by atoms with van der Waals surface area (Å²) in [6, 6.07) is 7.29. The molecule has 1 aliphatic heterocycles. The van der Waals surface area contributed by atoms with Crippen molar-refractivity contribution in [2.75, 3.05) is 13.2 Å². The van der Waals surface area contributed by atoms with Crippen LogP contribution in [0.25, 0.3) is 0 Å². The number of benzene rings is 1. The van der Waals surface area contributed by atoms with Crippen molar-refractivity contribution in [1.82, 2.24) is 4.72 Å². The molecule has 1 saturated heterocycles. The normalized spacial score (nSPS) is 25.9. The zero-order chi connectivity index (χ0) is 18.2. The highest BCUT2D eigenvalue weighted by atomic mass is 32.2. The lowest BCUT2D eigenvalue weighted by Crippen LogP contribution is -2.57. The second-order valence-electron chi connectivity index (χ2n) is 7.84. The Labute approximate surface area is 146 Å². The Kier molecular flexibility index (Phi) is 5.61. The minimum absolute atomic E-state index is 0.165. The van der Waals surface area contributed by atoms with E-state index in [-0.39, 0.29) is 6.61 Å². The Balaban J connectivity index is 2.33. The highest BCUT2D eigenvalue weighted by molar-refractivity contribution is 7.90. The van der Waals surface area contributed by atoms with E-state index in [1.54, 1.807) is 13.8 Å². The SMILES string of the molecule is CC(C)S(=O)(=O)NC1COCCC1(O)c1ccc([Si](C)(C)C)cc1. The van der Waals surface area contributed by atoms with Gasteiger partial charge < -0.3 is 9.84 Å². The smallest absolute Gasteiger partial charge is 0.214 e. The van der Waals surface area contributed by atoms with Gasteiger partial charge in [0, 0.05) is 13.0 Å². The number of nitrogens with one attached hydrogen (secondary N) is 1. The van der Waals surface area contributed by atoms with Gasteiger partial charge in [-0.1, -0.05) is 49.1 Å². The molecule has 2 unspecified atom stereocenters. The summed E-state index contributed by atoms with van der Waals surface area (Å²) in [6.45, 7) is 10.6. The largest absolute Gasteiger partial charge is 0.383 e. The number of aliphatic hydroxyl groups is 1. The zero-order valence-corrected chi connectivity index (χ0v) is 17.0. The van der Waals surface area contributed by atoms with Crippen LogP contribution in [-0.4, -0.2) is 46.1 Å². The van der Waals surface area contributed by atoms with Crippen LogP contribution in [0.15, 0.2) is 24.3 Å². The zero-order valence-electron chi connectivity index (χ0n) is 15.2. The van der Waals surface area contributed by atoms with Gasteiger partial charge in [0.25, 0.3) is 0 Å². The quantitative estimate of drug-likeness (QED) is 0.770. The van der Waals surface area contributed by atoms with Crippen LogP contribution in [-0.2, 0) is 20.4 Å². The number of rotatable bonds is 5. The van der Waals surface area contributed by atoms with Crippen LogP contribution >= 0.6 is 0 Å². The summed E-state index contributed by atoms with van der Waals surface area (Å²) in [7, 11) is -4.91. The third-order valence-corrected chi connectivity index (χ3v) is 8.59. The van der Waals surface area contributed by atoms with Gasteiger partial charge in [0.2, 0.25) is 10.0 Å². The summed E-state index contributed by atoms with van der Waals surface area (Å²) in [5, 5.41) is 12.0. The number of sulfonamides is 1. The lowest BCUT2D eigenvalue weighted by Gasteiger charge is -2.40. The molecule has 7 heteroatoms. The molecule has 2 rings (SSSR count). The first-order valence-corrected chi connectivity index (χ1v) is 13.4. The average molecular weight is 372 g/mol. The second-order valence-corrected chi connectivity index (χ2v) is 15.2. The van der Waals surface area contributed by atoms with E-state index in [9.17, 15) is 13.5 Å². The van der Waals surface area contributed by atoms with Crippen LogP contribution < -0.4 is 9.91 Å². The molecule has 0 spiro atoms. The molecule has 0 radical (unpaired) electrons. The van der Waals surface area contributed by atoms with E-state index in [4.69, 9.17) is 4.74 Å². The second kappa shape index (κ2) is 6.88. The maximum absolute atomic E-state index is 12.2. The van der Waals surface area contributed by atoms with E-state index in [2.05, 4.69) is 36.5 Å². The van der Waals surface area contributed by atoms with Gasteiger partial charge in [-0.05, 0) is 19.4 Å². The molecule has 1 aromatic carbocycles. The van der Waals surface area contributed by atoms with Gasteiger partial charge in [-0.2, -0.15) is 0 Å². The summed E-state index contributed by atoms with van der Waals surface area (Å²) >= 11 is 0. The van der Waals surface area contributed by atoms with Gasteiger partial charge in [0.05, 0.1) is 26.0 Å². The third-order valence-electron chi connectivity index (χ3n) is 4.67. The first kappa shape index (κ1) is 19.6. The van der Waals surface area contributed by atoms with Crippen LogP contribution in [0.1, 0.15) is 25.8 Å². The van der Waals surface area contributed by atoms with Gasteiger partial charge in [-0.25, -0.2) is 13.1 Å². The van der Waals surface area contributed by atoms with Crippen molar-refractivity contribution in [3.8, 4) is 0 Å². The molecule has 0 saturated carbocycles. The van der Waals surface area contributed by atoms with Crippen LogP contribution in [0.4, 0.5) is 0 Å². The highest BCUT2D eigenvalue weighted by Gasteiger charge is 2.43. The summed E-state index contributed by atoms with van der Waals surface area (Å²) in [6.07, 6.45) is 0.366. The van der Waals surface area contributed by atoms with Gasteiger partial charge in [0.1, 0.15) is 5.60 Å². The Hall–Kier alpha value is -0.733. The average Bonchev–Trinajstić information content (AvgIpc) is 2.48. The Morgan fingerprint density at radius 1 is 1.25 bits per heavy atom. The van der Waals surface area contributed by atoms with Gasteiger partial charge >= 0.3 is 0 Å². The van der Waals surface area contributed by atoms with Crippen molar-refractivity contribution in [2.24, 2.45) is 0 Å². The summed E-state index contributed by atoms with van der Waals surface area (Å²) < 4.78 is 32.5. The van der Waals surface area contributed by atoms with E-state index >= 15 is 0 Å². The molecular formula is C17H29NO4SSi. The molecule has 5 nitrogen and oxygen atoms in total. The molecule has 2 N–H and O–H groups in total. The van der Waals surface area contributed by atoms with Gasteiger partial charge in [-0.3, -0.25) is 0 Å². The van der Waals surface area contributed by atoms with Crippen molar-refractivity contribution in [1.29, 1.82) is 0 Å². The summed E-state index contributed by atoms with van der Waals surface area (Å²) in [4.78, 5) is 0. The third kappa shape index (κ3) is 4.08. The summed E-state index contributed by atoms with van der Waals surface area (Å²) in [5.74, 6) is 0. The Bertz CT molecular complexity index is 667. The molecule has 1 fully saturated rings. The highest BCUT2D eigenvalue weighted by Crippen LogP contribution is 2.32. The molecule has 1 heterocycles. The van der Waals surface area contributed by atoms with Crippen LogP contribution in [0, 0.1) is 0 Å². The molecular weight excluding hydrogens is 342 g/mol. The van der Waals surface area contributed by atoms with Crippen molar-refractivity contribution >= 4 is 23.3 Å². The molecule has 2 atom stereocenters. The standard InChI is InChI=1S/C17H29NO4SSi/c1-13(2)23(20,21)18-16-12-22-11-10-17(16,19)14-6-8-15(9-7-14)24(3,4)5/h6-9,13,16,18-19H,10-12H2,1-5H3. The molecule has 136 valence electrons. The molecule has 0 aliphatic carbocycles. The monoisotopic (exact) mass is 371 g/mol. The maximum atomic E-state index is 12.2. The summed E-state index contributed by atoms with van der Waals surface area (Å²) in [5.41, 5.74) is -0.512. The lowest BCUT2D eigenvalue weighted by molar-refractivity contribution is -0.0898. The first-order valence-electron chi connectivity index (χ1n) is 8.39. The lowest BCUT2D eigenvalue weighted by atomic mass is 9.83. The van der Waals surface area contributed by atoms with Crippen molar-refractivity contribution in [2.45, 2.75) is 56.8 Å². The number of ether oxygens (including phenoxy) is 1. The van der Waals surface area contributed by atoms with E-state index in [0.717, 1.165) is 5.56 Å². The Morgan fingerprint density at radius 3 is 2.33 bits per heavy atom. The molecule has 24 heavy (non-hydrogen) atoms. The molecule has 0 bridgehead atoms. The Morgan fingerprint density at radius 2 is 1.83 bits per heavy atom. The van der Waals surface area contributed by atoms with Crippen LogP contribution in [0.5, 0.6) is 0 Å². The molecule has 1 aliphatic rings. The fourth-order valence-electron chi connectivity index (χ4n) is 2.81. The van der Waals surface area contributed by atoms with E-state index in [1.807, 2.05) is 12.1 Å². The fourth-order valence-corrected chi connectivity index (χ4v) is 4.91. The van der Waals surface area contributed by atoms with Gasteiger partial charge in [0.15, 0.2) is 0 Å². The van der Waals surface area contributed by atoms with E-state index in [1.165, 1.54) is 5.19 Å². The van der Waals surface area contributed by atoms with E-state index in [0.29, 0.717) is 13.0 Å². The van der Waals surface area contributed by atoms with Crippen molar-refractivity contribution in [3.63, 3.8) is 0 Å². The number of hydrogen-bond donors (Lipinski definition) is 2. The molecule has 0 aromatic heterocycles. The maximum Gasteiger partial charge on any atom is 0.214 e. The topological polar surface area (TPSA) is 75.6 Å². The molecule has 1 aromatic rings. The van der Waals surface area contributed by atoms with Crippen LogP contribution in [0.2, 0.25) is 19.6 Å². The minimum Gasteiger partial charge on any atom is -0.383 e. The number of hydrogen-bond acceptors (Lipinski definition) is 4. The van der Waals surface area contributed by atoms with Gasteiger partial charge in [-0.15, -0.1) is 0 Å². The first-order chi connectivity index (χ1) is 11.0. The van der Waals surface area contributed by atoms with Crippen molar-refractivity contribution in [3.05, 3.63) is 29.8 Å².